The Kier molecular flexibility index (Phi) is 5.32. The molecule has 20 heavy (non-hydrogen) atoms. The van der Waals surface area contributed by atoms with E-state index in [-0.39, 0.29) is 5.91 Å². The number of carbonyl (C=O) groups is 1. The maximum absolute atomic E-state index is 11.8. The average Bonchev–Trinajstić information content (AvgIpc) is 2.43. The van der Waals surface area contributed by atoms with Crippen LogP contribution in [-0.2, 0) is 4.79 Å². The normalized spacial score (nSPS) is 15.9. The van der Waals surface area contributed by atoms with Gasteiger partial charge in [-0.1, -0.05) is 32.1 Å². The number of hydrogen-bond acceptors (Lipinski definition) is 4. The van der Waals surface area contributed by atoms with Gasteiger partial charge >= 0.3 is 0 Å². The van der Waals surface area contributed by atoms with Gasteiger partial charge in [0, 0.05) is 17.8 Å². The summed E-state index contributed by atoms with van der Waals surface area (Å²) in [6, 6.07) is 1.90. The van der Waals surface area contributed by atoms with Gasteiger partial charge in [0.25, 0.3) is 0 Å². The molecule has 1 amide bonds. The fourth-order valence-corrected chi connectivity index (χ4v) is 2.78. The molecule has 2 N–H and O–H groups in total. The Labute approximate surface area is 120 Å². The number of nitrogens with zero attached hydrogens (tertiary/aromatic N) is 2. The predicted molar refractivity (Wildman–Crippen MR) is 79.1 cm³/mol. The van der Waals surface area contributed by atoms with E-state index in [4.69, 9.17) is 0 Å². The third-order valence-electron chi connectivity index (χ3n) is 3.80. The van der Waals surface area contributed by atoms with Gasteiger partial charge in [-0.25, -0.2) is 9.97 Å². The highest BCUT2D eigenvalue weighted by Crippen LogP contribution is 2.27. The highest BCUT2D eigenvalue weighted by molar-refractivity contribution is 5.76. The van der Waals surface area contributed by atoms with Crippen molar-refractivity contribution >= 4 is 11.9 Å². The maximum atomic E-state index is 11.8. The number of hydrogen-bond donors (Lipinski definition) is 2. The Morgan fingerprint density at radius 1 is 1.20 bits per heavy atom. The molecule has 5 nitrogen and oxygen atoms in total. The van der Waals surface area contributed by atoms with Gasteiger partial charge in [-0.15, -0.1) is 0 Å². The lowest BCUT2D eigenvalue weighted by Gasteiger charge is -2.21. The third-order valence-corrected chi connectivity index (χ3v) is 3.80. The van der Waals surface area contributed by atoms with Crippen LogP contribution < -0.4 is 10.9 Å². The van der Waals surface area contributed by atoms with Crippen LogP contribution in [0.5, 0.6) is 0 Å². The van der Waals surface area contributed by atoms with Crippen molar-refractivity contribution in [1.82, 2.24) is 15.4 Å². The van der Waals surface area contributed by atoms with Crippen LogP contribution in [0.3, 0.4) is 0 Å². The molecular weight excluding hydrogens is 252 g/mol. The molecule has 0 atom stereocenters. The smallest absolute Gasteiger partial charge is 0.242 e. The van der Waals surface area contributed by atoms with Crippen LogP contribution in [0.1, 0.15) is 56.3 Å². The van der Waals surface area contributed by atoms with Crippen LogP contribution in [0.2, 0.25) is 0 Å². The number of hydrazine groups is 1. The van der Waals surface area contributed by atoms with E-state index in [0.29, 0.717) is 12.4 Å². The van der Waals surface area contributed by atoms with Gasteiger partial charge in [0.15, 0.2) is 0 Å². The minimum absolute atomic E-state index is 0.0123. The number of rotatable bonds is 5. The van der Waals surface area contributed by atoms with Crippen molar-refractivity contribution in [2.45, 2.75) is 58.8 Å². The van der Waals surface area contributed by atoms with Crippen molar-refractivity contribution in [3.05, 3.63) is 17.5 Å². The molecule has 1 aliphatic carbocycles. The van der Waals surface area contributed by atoms with E-state index in [9.17, 15) is 4.79 Å². The first-order chi connectivity index (χ1) is 9.63. The Hall–Kier alpha value is -1.65. The summed E-state index contributed by atoms with van der Waals surface area (Å²) < 4.78 is 0. The number of nitrogens with one attached hydrogen (secondary N) is 2. The molecule has 5 heteroatoms. The second kappa shape index (κ2) is 7.22. The minimum atomic E-state index is 0.0123. The summed E-state index contributed by atoms with van der Waals surface area (Å²) >= 11 is 0. The van der Waals surface area contributed by atoms with Crippen molar-refractivity contribution in [2.75, 3.05) is 5.43 Å². The summed E-state index contributed by atoms with van der Waals surface area (Å²) in [5.74, 6) is 1.19. The summed E-state index contributed by atoms with van der Waals surface area (Å²) in [6.45, 7) is 3.81. The van der Waals surface area contributed by atoms with Gasteiger partial charge in [-0.2, -0.15) is 0 Å². The molecule has 0 aliphatic heterocycles. The number of aryl methyl sites for hydroxylation is 2. The first-order valence-corrected chi connectivity index (χ1v) is 7.50. The molecule has 1 saturated carbocycles. The Morgan fingerprint density at radius 3 is 2.50 bits per heavy atom. The molecule has 0 bridgehead atoms. The van der Waals surface area contributed by atoms with Crippen LogP contribution in [0.25, 0.3) is 0 Å². The number of carbonyl (C=O) groups excluding carboxylic acids is 1. The lowest BCUT2D eigenvalue weighted by Crippen LogP contribution is -2.30. The summed E-state index contributed by atoms with van der Waals surface area (Å²) in [5, 5.41) is 0. The van der Waals surface area contributed by atoms with E-state index in [1.807, 2.05) is 19.9 Å². The van der Waals surface area contributed by atoms with Crippen molar-refractivity contribution in [3.63, 3.8) is 0 Å². The number of aromatic nitrogens is 2. The quantitative estimate of drug-likeness (QED) is 0.811. The standard InChI is InChI=1S/C15H24N4O/c1-11-10-12(2)17-15(16-11)19-18-14(20)9-8-13-6-4-3-5-7-13/h10,13H,3-9H2,1-2H3,(H,18,20)(H,16,17,19). The lowest BCUT2D eigenvalue weighted by molar-refractivity contribution is -0.120. The minimum Gasteiger partial charge on any atom is -0.273 e. The van der Waals surface area contributed by atoms with E-state index >= 15 is 0 Å². The summed E-state index contributed by atoms with van der Waals surface area (Å²) in [6.07, 6.45) is 8.11. The molecule has 1 fully saturated rings. The first kappa shape index (κ1) is 14.8. The lowest BCUT2D eigenvalue weighted by atomic mass is 9.86. The van der Waals surface area contributed by atoms with E-state index < -0.39 is 0 Å². The molecule has 0 aromatic carbocycles. The summed E-state index contributed by atoms with van der Waals surface area (Å²) in [5.41, 5.74) is 7.24. The van der Waals surface area contributed by atoms with E-state index in [1.54, 1.807) is 0 Å². The molecule has 2 rings (SSSR count). The average molecular weight is 276 g/mol. The Morgan fingerprint density at radius 2 is 1.85 bits per heavy atom. The molecule has 0 radical (unpaired) electrons. The monoisotopic (exact) mass is 276 g/mol. The molecule has 110 valence electrons. The van der Waals surface area contributed by atoms with Gasteiger partial charge in [0.05, 0.1) is 0 Å². The van der Waals surface area contributed by atoms with Crippen molar-refractivity contribution in [2.24, 2.45) is 5.92 Å². The van der Waals surface area contributed by atoms with Gasteiger partial charge < -0.3 is 0 Å². The molecule has 0 unspecified atom stereocenters. The SMILES string of the molecule is Cc1cc(C)nc(NNC(=O)CCC2CCCCC2)n1. The van der Waals surface area contributed by atoms with Crippen molar-refractivity contribution < 1.29 is 4.79 Å². The molecule has 1 heterocycles. The molecule has 0 spiro atoms. The highest BCUT2D eigenvalue weighted by atomic mass is 16.2. The number of anilines is 1. The Bertz CT molecular complexity index is 435. The second-order valence-electron chi connectivity index (χ2n) is 5.69. The predicted octanol–water partition coefficient (Wildman–Crippen LogP) is 2.90. The first-order valence-electron chi connectivity index (χ1n) is 7.50. The summed E-state index contributed by atoms with van der Waals surface area (Å²) in [7, 11) is 0. The number of amides is 1. The largest absolute Gasteiger partial charge is 0.273 e. The van der Waals surface area contributed by atoms with Gasteiger partial charge in [-0.05, 0) is 32.3 Å². The fourth-order valence-electron chi connectivity index (χ4n) is 2.78. The molecule has 0 saturated heterocycles. The van der Waals surface area contributed by atoms with E-state index in [2.05, 4.69) is 20.8 Å². The van der Waals surface area contributed by atoms with Gasteiger partial charge in [-0.3, -0.25) is 15.6 Å². The van der Waals surface area contributed by atoms with Gasteiger partial charge in [0.1, 0.15) is 0 Å². The third kappa shape index (κ3) is 4.79. The van der Waals surface area contributed by atoms with Gasteiger partial charge in [0.2, 0.25) is 11.9 Å². The van der Waals surface area contributed by atoms with Crippen LogP contribution >= 0.6 is 0 Å². The zero-order chi connectivity index (χ0) is 14.4. The Balaban J connectivity index is 1.71. The van der Waals surface area contributed by atoms with E-state index in [0.717, 1.165) is 23.7 Å². The topological polar surface area (TPSA) is 66.9 Å². The van der Waals surface area contributed by atoms with Crippen molar-refractivity contribution in [1.29, 1.82) is 0 Å². The van der Waals surface area contributed by atoms with Crippen molar-refractivity contribution in [3.8, 4) is 0 Å². The zero-order valence-corrected chi connectivity index (χ0v) is 12.4. The maximum Gasteiger partial charge on any atom is 0.242 e. The molecule has 1 aromatic heterocycles. The molecular formula is C15H24N4O. The highest BCUT2D eigenvalue weighted by Gasteiger charge is 2.14. The fraction of sp³-hybridized carbons (Fsp3) is 0.667. The van der Waals surface area contributed by atoms with Crippen LogP contribution in [0.15, 0.2) is 6.07 Å². The molecule has 1 aliphatic rings. The van der Waals surface area contributed by atoms with Crippen LogP contribution in [0.4, 0.5) is 5.95 Å². The van der Waals surface area contributed by atoms with Crippen LogP contribution in [0, 0.1) is 19.8 Å². The summed E-state index contributed by atoms with van der Waals surface area (Å²) in [4.78, 5) is 20.2. The molecule has 1 aromatic rings. The second-order valence-corrected chi connectivity index (χ2v) is 5.69. The zero-order valence-electron chi connectivity index (χ0n) is 12.4. The van der Waals surface area contributed by atoms with Crippen LogP contribution in [-0.4, -0.2) is 15.9 Å². The van der Waals surface area contributed by atoms with E-state index in [1.165, 1.54) is 32.1 Å².